The van der Waals surface area contributed by atoms with E-state index in [-0.39, 0.29) is 19.6 Å². The monoisotopic (exact) mass is 277 g/mol. The molecule has 0 unspecified atom stereocenters. The van der Waals surface area contributed by atoms with Gasteiger partial charge in [0.15, 0.2) is 0 Å². The zero-order valence-electron chi connectivity index (χ0n) is 11.1. The second-order valence-corrected chi connectivity index (χ2v) is 3.59. The normalized spacial score (nSPS) is 10.0. The van der Waals surface area contributed by atoms with Crippen LogP contribution in [0.15, 0.2) is 0 Å². The van der Waals surface area contributed by atoms with Crippen molar-refractivity contribution in [2.24, 2.45) is 0 Å². The number of esters is 1. The summed E-state index contributed by atoms with van der Waals surface area (Å²) in [5, 5.41) is 8.38. The van der Waals surface area contributed by atoms with E-state index in [9.17, 15) is 14.4 Å². The van der Waals surface area contributed by atoms with Crippen LogP contribution in [0.25, 0.3) is 0 Å². The highest BCUT2D eigenvalue weighted by atomic mass is 16.5. The van der Waals surface area contributed by atoms with Gasteiger partial charge in [-0.1, -0.05) is 0 Å². The summed E-state index contributed by atoms with van der Waals surface area (Å²) >= 11 is 0. The Morgan fingerprint density at radius 3 is 2.32 bits per heavy atom. The Bertz CT molecular complexity index is 305. The minimum atomic E-state index is -1.15. The summed E-state index contributed by atoms with van der Waals surface area (Å²) in [6, 6.07) is 0. The van der Waals surface area contributed by atoms with E-state index in [4.69, 9.17) is 14.6 Å². The Morgan fingerprint density at radius 1 is 1.11 bits per heavy atom. The fourth-order valence-corrected chi connectivity index (χ4v) is 1.21. The van der Waals surface area contributed by atoms with Crippen LogP contribution in [0.1, 0.15) is 6.42 Å². The van der Waals surface area contributed by atoms with Crippen molar-refractivity contribution >= 4 is 17.8 Å². The fraction of sp³-hybridized carbons (Fsp3) is 0.727. The van der Waals surface area contributed by atoms with Crippen molar-refractivity contribution in [1.82, 2.24) is 4.90 Å². The second-order valence-electron chi connectivity index (χ2n) is 3.59. The van der Waals surface area contributed by atoms with E-state index in [0.29, 0.717) is 13.2 Å². The van der Waals surface area contributed by atoms with Gasteiger partial charge in [0, 0.05) is 20.2 Å². The van der Waals surface area contributed by atoms with E-state index in [1.54, 1.807) is 0 Å². The van der Waals surface area contributed by atoms with Crippen LogP contribution in [0.4, 0.5) is 0 Å². The van der Waals surface area contributed by atoms with Gasteiger partial charge in [-0.2, -0.15) is 0 Å². The van der Waals surface area contributed by atoms with Gasteiger partial charge >= 0.3 is 11.9 Å². The van der Waals surface area contributed by atoms with Gasteiger partial charge in [-0.05, 0) is 0 Å². The predicted molar refractivity (Wildman–Crippen MR) is 63.5 cm³/mol. The standard InChI is InChI=1S/C11H19NO7/c1-17-6-5-12(4-3-11(16)18-2)9(13)7-19-8-10(14)15/h3-8H2,1-2H3,(H,14,15). The quantitative estimate of drug-likeness (QED) is 0.517. The van der Waals surface area contributed by atoms with Gasteiger partial charge in [0.05, 0.1) is 20.1 Å². The summed E-state index contributed by atoms with van der Waals surface area (Å²) in [7, 11) is 2.75. The number of nitrogens with zero attached hydrogens (tertiary/aromatic N) is 1. The SMILES string of the molecule is COCCN(CCC(=O)OC)C(=O)COCC(=O)O. The summed E-state index contributed by atoms with van der Waals surface area (Å²) in [6.45, 7) is -0.113. The van der Waals surface area contributed by atoms with Gasteiger partial charge in [0.1, 0.15) is 13.2 Å². The van der Waals surface area contributed by atoms with Crippen molar-refractivity contribution in [3.63, 3.8) is 0 Å². The van der Waals surface area contributed by atoms with Crippen molar-refractivity contribution < 1.29 is 33.7 Å². The Balaban J connectivity index is 4.18. The maximum absolute atomic E-state index is 11.7. The summed E-state index contributed by atoms with van der Waals surface area (Å²) in [5.41, 5.74) is 0. The molecular weight excluding hydrogens is 258 g/mol. The molecular formula is C11H19NO7. The van der Waals surface area contributed by atoms with E-state index in [2.05, 4.69) is 4.74 Å². The molecule has 0 aromatic rings. The molecule has 8 heteroatoms. The van der Waals surface area contributed by atoms with Crippen LogP contribution in [0.5, 0.6) is 0 Å². The zero-order chi connectivity index (χ0) is 14.7. The highest BCUT2D eigenvalue weighted by Crippen LogP contribution is 1.96. The van der Waals surface area contributed by atoms with Crippen LogP contribution in [-0.4, -0.2) is 75.0 Å². The molecule has 0 radical (unpaired) electrons. The molecule has 1 amide bonds. The molecule has 0 saturated carbocycles. The van der Waals surface area contributed by atoms with Crippen molar-refractivity contribution in [3.8, 4) is 0 Å². The number of methoxy groups -OCH3 is 2. The summed E-state index contributed by atoms with van der Waals surface area (Å²) in [6.07, 6.45) is 0.0604. The maximum atomic E-state index is 11.7. The molecule has 1 N–H and O–H groups in total. The number of hydrogen-bond donors (Lipinski definition) is 1. The number of hydrogen-bond acceptors (Lipinski definition) is 6. The van der Waals surface area contributed by atoms with Gasteiger partial charge in [-0.15, -0.1) is 0 Å². The third kappa shape index (κ3) is 8.97. The van der Waals surface area contributed by atoms with Crippen LogP contribution in [-0.2, 0) is 28.6 Å². The first-order valence-corrected chi connectivity index (χ1v) is 5.64. The molecule has 0 rings (SSSR count). The maximum Gasteiger partial charge on any atom is 0.329 e. The lowest BCUT2D eigenvalue weighted by Crippen LogP contribution is -2.38. The van der Waals surface area contributed by atoms with Crippen LogP contribution >= 0.6 is 0 Å². The Hall–Kier alpha value is -1.67. The Kier molecular flexibility index (Phi) is 9.37. The lowest BCUT2D eigenvalue weighted by molar-refractivity contribution is -0.146. The number of ether oxygens (including phenoxy) is 3. The first-order chi connectivity index (χ1) is 9.01. The van der Waals surface area contributed by atoms with E-state index in [1.807, 2.05) is 0 Å². The number of carboxylic acids is 1. The molecule has 0 aromatic heterocycles. The van der Waals surface area contributed by atoms with Crippen molar-refractivity contribution in [2.75, 3.05) is 47.1 Å². The summed E-state index contributed by atoms with van der Waals surface area (Å²) < 4.78 is 14.0. The fourth-order valence-electron chi connectivity index (χ4n) is 1.21. The molecule has 0 aliphatic carbocycles. The highest BCUT2D eigenvalue weighted by molar-refractivity contribution is 5.78. The number of rotatable bonds is 10. The highest BCUT2D eigenvalue weighted by Gasteiger charge is 2.15. The molecule has 0 aliphatic rings. The first kappa shape index (κ1) is 17.3. The van der Waals surface area contributed by atoms with Crippen LogP contribution < -0.4 is 0 Å². The molecule has 0 aromatic carbocycles. The van der Waals surface area contributed by atoms with Gasteiger partial charge in [-0.3, -0.25) is 9.59 Å². The van der Waals surface area contributed by atoms with Gasteiger partial charge in [0.2, 0.25) is 5.91 Å². The molecule has 0 aliphatic heterocycles. The van der Waals surface area contributed by atoms with E-state index in [1.165, 1.54) is 19.1 Å². The van der Waals surface area contributed by atoms with Crippen LogP contribution in [0, 0.1) is 0 Å². The Morgan fingerprint density at radius 2 is 1.79 bits per heavy atom. The van der Waals surface area contributed by atoms with Gasteiger partial charge < -0.3 is 24.2 Å². The summed E-state index contributed by atoms with van der Waals surface area (Å²) in [4.78, 5) is 34.4. The number of aliphatic carboxylic acids is 1. The smallest absolute Gasteiger partial charge is 0.329 e. The molecule has 0 saturated heterocycles. The second kappa shape index (κ2) is 10.3. The molecule has 0 atom stereocenters. The van der Waals surface area contributed by atoms with Crippen molar-refractivity contribution in [2.45, 2.75) is 6.42 Å². The van der Waals surface area contributed by atoms with Gasteiger partial charge in [-0.25, -0.2) is 4.79 Å². The topological polar surface area (TPSA) is 102 Å². The predicted octanol–water partition coefficient (Wildman–Crippen LogP) is -0.874. The van der Waals surface area contributed by atoms with E-state index >= 15 is 0 Å². The van der Waals surface area contributed by atoms with Gasteiger partial charge in [0.25, 0.3) is 0 Å². The third-order valence-electron chi connectivity index (χ3n) is 2.18. The van der Waals surface area contributed by atoms with E-state index < -0.39 is 24.5 Å². The summed E-state index contributed by atoms with van der Waals surface area (Å²) in [5.74, 6) is -1.98. The lowest BCUT2D eigenvalue weighted by Gasteiger charge is -2.21. The molecule has 0 fully saturated rings. The minimum absolute atomic E-state index is 0.0604. The van der Waals surface area contributed by atoms with E-state index in [0.717, 1.165) is 0 Å². The molecule has 0 spiro atoms. The average molecular weight is 277 g/mol. The molecule has 8 nitrogen and oxygen atoms in total. The van der Waals surface area contributed by atoms with Crippen molar-refractivity contribution in [1.29, 1.82) is 0 Å². The van der Waals surface area contributed by atoms with Crippen LogP contribution in [0.3, 0.4) is 0 Å². The Labute approximate surface area is 111 Å². The molecule has 19 heavy (non-hydrogen) atoms. The van der Waals surface area contributed by atoms with Crippen LogP contribution in [0.2, 0.25) is 0 Å². The third-order valence-corrected chi connectivity index (χ3v) is 2.18. The lowest BCUT2D eigenvalue weighted by atomic mass is 10.3. The van der Waals surface area contributed by atoms with Crippen molar-refractivity contribution in [3.05, 3.63) is 0 Å². The number of carbonyl (C=O) groups is 3. The molecule has 110 valence electrons. The first-order valence-electron chi connectivity index (χ1n) is 5.64. The molecule has 0 heterocycles. The molecule has 0 bridgehead atoms. The largest absolute Gasteiger partial charge is 0.480 e. The zero-order valence-corrected chi connectivity index (χ0v) is 11.1. The minimum Gasteiger partial charge on any atom is -0.480 e. The number of carbonyl (C=O) groups excluding carboxylic acids is 2. The number of amides is 1. The number of carboxylic acid groups (broad SMARTS) is 1. The average Bonchev–Trinajstić information content (AvgIpc) is 2.37.